The van der Waals surface area contributed by atoms with Crippen molar-refractivity contribution in [3.8, 4) is 22.5 Å². The molecule has 3 aromatic rings. The van der Waals surface area contributed by atoms with Crippen LogP contribution in [-0.4, -0.2) is 21.6 Å². The smallest absolute Gasteiger partial charge is 0.326 e. The second-order valence-electron chi connectivity index (χ2n) is 6.45. The highest BCUT2D eigenvalue weighted by molar-refractivity contribution is 5.82. The van der Waals surface area contributed by atoms with Crippen molar-refractivity contribution < 1.29 is 30.7 Å². The first-order valence-electron chi connectivity index (χ1n) is 8.10. The summed E-state index contributed by atoms with van der Waals surface area (Å²) in [5, 5.41) is 0. The molecule has 28 heavy (non-hydrogen) atoms. The summed E-state index contributed by atoms with van der Waals surface area (Å²) in [5.41, 5.74) is 2.01. The van der Waals surface area contributed by atoms with Gasteiger partial charge in [0.25, 0.3) is 0 Å². The summed E-state index contributed by atoms with van der Waals surface area (Å²) < 4.78 is 93.1. The van der Waals surface area contributed by atoms with Crippen LogP contribution in [0.15, 0.2) is 54.9 Å². The van der Waals surface area contributed by atoms with Crippen molar-refractivity contribution in [2.75, 3.05) is 0 Å². The Bertz CT molecular complexity index is 1030. The number of nitrogens with zero attached hydrogens (tertiary/aromatic N) is 2. The van der Waals surface area contributed by atoms with Gasteiger partial charge in [-0.1, -0.05) is 48.5 Å². The monoisotopic (exact) mass is 400 g/mol. The van der Waals surface area contributed by atoms with Crippen LogP contribution in [0.1, 0.15) is 11.1 Å². The van der Waals surface area contributed by atoms with Crippen molar-refractivity contribution >= 4 is 0 Å². The van der Waals surface area contributed by atoms with Gasteiger partial charge in [0.2, 0.25) is 0 Å². The number of benzene rings is 2. The number of hydrogen-bond acceptors (Lipinski definition) is 1. The van der Waals surface area contributed by atoms with Gasteiger partial charge in [-0.25, -0.2) is 4.98 Å². The fourth-order valence-corrected chi connectivity index (χ4v) is 3.27. The van der Waals surface area contributed by atoms with Crippen LogP contribution in [0.3, 0.4) is 0 Å². The van der Waals surface area contributed by atoms with Gasteiger partial charge in [0.1, 0.15) is 0 Å². The first-order valence-corrected chi connectivity index (χ1v) is 8.10. The number of fused-ring (bicyclic) bond motifs is 3. The Morgan fingerprint density at radius 3 is 2.11 bits per heavy atom. The molecule has 2 heterocycles. The molecule has 0 amide bonds. The van der Waals surface area contributed by atoms with Crippen molar-refractivity contribution in [2.24, 2.45) is 0 Å². The third-order valence-corrected chi connectivity index (χ3v) is 4.72. The van der Waals surface area contributed by atoms with Crippen molar-refractivity contribution in [3.63, 3.8) is 0 Å². The largest absolute Gasteiger partial charge is 0.460 e. The molecule has 4 rings (SSSR count). The molecule has 2 aromatic carbocycles. The lowest BCUT2D eigenvalue weighted by Crippen LogP contribution is -2.49. The Kier molecular flexibility index (Phi) is 3.85. The molecule has 0 N–H and O–H groups in total. The number of imidazole rings is 1. The minimum atomic E-state index is -6.37. The maximum atomic E-state index is 13.8. The van der Waals surface area contributed by atoms with Gasteiger partial charge in [-0.3, -0.25) is 0 Å². The molecular formula is C19H11F7N2. The van der Waals surface area contributed by atoms with Gasteiger partial charge in [-0.15, -0.1) is 0 Å². The SMILES string of the molecule is FC(F)(F)C(F)(F)C(F)(F)c1ccc(-c2ncn3c2-c2ccccc2C3)cc1. The molecule has 0 spiro atoms. The molecule has 2 nitrogen and oxygen atoms in total. The molecule has 0 unspecified atom stereocenters. The number of halogens is 7. The number of rotatable bonds is 3. The first kappa shape index (κ1) is 18.5. The number of hydrogen-bond donors (Lipinski definition) is 0. The average Bonchev–Trinajstić information content (AvgIpc) is 3.20. The van der Waals surface area contributed by atoms with E-state index in [1.165, 1.54) is 0 Å². The van der Waals surface area contributed by atoms with Gasteiger partial charge in [0.15, 0.2) is 0 Å². The Hall–Kier alpha value is -2.84. The van der Waals surface area contributed by atoms with Crippen molar-refractivity contribution in [1.29, 1.82) is 0 Å². The highest BCUT2D eigenvalue weighted by Crippen LogP contribution is 2.52. The quantitative estimate of drug-likeness (QED) is 0.394. The summed E-state index contributed by atoms with van der Waals surface area (Å²) >= 11 is 0. The highest BCUT2D eigenvalue weighted by atomic mass is 19.4. The second-order valence-corrected chi connectivity index (χ2v) is 6.45. The van der Waals surface area contributed by atoms with E-state index in [-0.39, 0.29) is 0 Å². The molecule has 146 valence electrons. The molecule has 0 fully saturated rings. The topological polar surface area (TPSA) is 17.8 Å². The lowest BCUT2D eigenvalue weighted by molar-refractivity contribution is -0.359. The molecule has 9 heteroatoms. The summed E-state index contributed by atoms with van der Waals surface area (Å²) in [6.45, 7) is 0.576. The predicted octanol–water partition coefficient (Wildman–Crippen LogP) is 5.87. The van der Waals surface area contributed by atoms with Gasteiger partial charge < -0.3 is 4.57 Å². The van der Waals surface area contributed by atoms with E-state index in [1.807, 2.05) is 28.8 Å². The lowest BCUT2D eigenvalue weighted by atomic mass is 9.98. The maximum absolute atomic E-state index is 13.8. The van der Waals surface area contributed by atoms with Crippen LogP contribution >= 0.6 is 0 Å². The molecular weight excluding hydrogens is 389 g/mol. The first-order chi connectivity index (χ1) is 13.0. The van der Waals surface area contributed by atoms with Crippen molar-refractivity contribution in [3.05, 3.63) is 66.0 Å². The van der Waals surface area contributed by atoms with Crippen LogP contribution in [0.25, 0.3) is 22.5 Å². The fourth-order valence-electron chi connectivity index (χ4n) is 3.27. The van der Waals surface area contributed by atoms with Crippen LogP contribution in [0.2, 0.25) is 0 Å². The van der Waals surface area contributed by atoms with Crippen LogP contribution in [0, 0.1) is 0 Å². The van der Waals surface area contributed by atoms with E-state index in [1.54, 1.807) is 6.33 Å². The minimum Gasteiger partial charge on any atom is -0.326 e. The zero-order valence-electron chi connectivity index (χ0n) is 13.9. The molecule has 1 aliphatic heterocycles. The fraction of sp³-hybridized carbons (Fsp3) is 0.211. The molecule has 0 aliphatic carbocycles. The standard InChI is InChI=1S/C19H11F7N2/c20-17(21,18(22,23)19(24,25)26)13-7-5-11(6-8-13)15-16-14-4-2-1-3-12(14)9-28(16)10-27-15/h1-8,10H,9H2. The molecule has 1 aliphatic rings. The third kappa shape index (κ3) is 2.52. The van der Waals surface area contributed by atoms with Gasteiger partial charge in [-0.05, 0) is 5.56 Å². The Morgan fingerprint density at radius 1 is 0.821 bits per heavy atom. The van der Waals surface area contributed by atoms with E-state index in [0.29, 0.717) is 29.9 Å². The van der Waals surface area contributed by atoms with Crippen LogP contribution in [-0.2, 0) is 12.5 Å². The van der Waals surface area contributed by atoms with Crippen LogP contribution in [0.4, 0.5) is 30.7 Å². The zero-order chi connectivity index (χ0) is 20.3. The summed E-state index contributed by atoms with van der Waals surface area (Å²) in [7, 11) is 0. The lowest BCUT2D eigenvalue weighted by Gasteiger charge is -2.28. The number of aromatic nitrogens is 2. The highest BCUT2D eigenvalue weighted by Gasteiger charge is 2.73. The van der Waals surface area contributed by atoms with E-state index in [2.05, 4.69) is 4.98 Å². The summed E-state index contributed by atoms with van der Waals surface area (Å²) in [6.07, 6.45) is -4.81. The molecule has 0 bridgehead atoms. The maximum Gasteiger partial charge on any atom is 0.460 e. The van der Waals surface area contributed by atoms with Crippen LogP contribution in [0.5, 0.6) is 0 Å². The summed E-state index contributed by atoms with van der Waals surface area (Å²) in [5.74, 6) is -11.6. The molecule has 0 saturated heterocycles. The molecule has 0 atom stereocenters. The van der Waals surface area contributed by atoms with Gasteiger partial charge in [0, 0.05) is 23.2 Å². The number of alkyl halides is 7. The van der Waals surface area contributed by atoms with Crippen LogP contribution < -0.4 is 0 Å². The van der Waals surface area contributed by atoms with E-state index in [9.17, 15) is 30.7 Å². The molecule has 0 radical (unpaired) electrons. The average molecular weight is 400 g/mol. The zero-order valence-corrected chi connectivity index (χ0v) is 13.9. The summed E-state index contributed by atoms with van der Waals surface area (Å²) in [4.78, 5) is 4.23. The van der Waals surface area contributed by atoms with Crippen molar-refractivity contribution in [2.45, 2.75) is 24.6 Å². The predicted molar refractivity (Wildman–Crippen MR) is 87.1 cm³/mol. The minimum absolute atomic E-state index is 0.334. The molecule has 0 saturated carbocycles. The Morgan fingerprint density at radius 2 is 1.46 bits per heavy atom. The van der Waals surface area contributed by atoms with E-state index in [4.69, 9.17) is 0 Å². The van der Waals surface area contributed by atoms with E-state index >= 15 is 0 Å². The third-order valence-electron chi connectivity index (χ3n) is 4.72. The van der Waals surface area contributed by atoms with E-state index in [0.717, 1.165) is 29.0 Å². The Balaban J connectivity index is 1.72. The molecule has 1 aromatic heterocycles. The normalized spacial score (nSPS) is 14.1. The van der Waals surface area contributed by atoms with Gasteiger partial charge >= 0.3 is 18.0 Å². The second kappa shape index (κ2) is 5.83. The van der Waals surface area contributed by atoms with Gasteiger partial charge in [-0.2, -0.15) is 30.7 Å². The summed E-state index contributed by atoms with van der Waals surface area (Å²) in [6, 6.07) is 10.8. The van der Waals surface area contributed by atoms with E-state index < -0.39 is 23.6 Å². The Labute approximate surface area is 154 Å². The van der Waals surface area contributed by atoms with Crippen molar-refractivity contribution in [1.82, 2.24) is 9.55 Å². The van der Waals surface area contributed by atoms with Gasteiger partial charge in [0.05, 0.1) is 17.7 Å².